The largest absolute Gasteiger partial charge is 0.480 e. The Balaban J connectivity index is 2.21. The molecule has 0 radical (unpaired) electrons. The van der Waals surface area contributed by atoms with Crippen molar-refractivity contribution in [2.24, 2.45) is 0 Å². The average molecular weight is 272 g/mol. The Kier molecular flexibility index (Phi) is 3.70. The van der Waals surface area contributed by atoms with Crippen molar-refractivity contribution in [3.05, 3.63) is 42.1 Å². The molecule has 0 saturated carbocycles. The number of rotatable bonds is 4. The summed E-state index contributed by atoms with van der Waals surface area (Å²) >= 11 is 0. The van der Waals surface area contributed by atoms with Crippen LogP contribution in [0.2, 0.25) is 0 Å². The van der Waals surface area contributed by atoms with E-state index < -0.39 is 11.5 Å². The van der Waals surface area contributed by atoms with Crippen molar-refractivity contribution in [3.8, 4) is 0 Å². The molecule has 0 spiro atoms. The Morgan fingerprint density at radius 2 is 1.95 bits per heavy atom. The second-order valence-electron chi connectivity index (χ2n) is 5.15. The van der Waals surface area contributed by atoms with Crippen LogP contribution in [0, 0.1) is 0 Å². The van der Waals surface area contributed by atoms with Gasteiger partial charge in [0, 0.05) is 11.6 Å². The van der Waals surface area contributed by atoms with Crippen LogP contribution in [0.25, 0.3) is 10.9 Å². The fourth-order valence-corrected chi connectivity index (χ4v) is 1.93. The highest BCUT2D eigenvalue weighted by Crippen LogP contribution is 2.16. The summed E-state index contributed by atoms with van der Waals surface area (Å²) in [7, 11) is 0. The first-order valence-electron chi connectivity index (χ1n) is 6.27. The lowest BCUT2D eigenvalue weighted by Crippen LogP contribution is -2.50. The van der Waals surface area contributed by atoms with Crippen LogP contribution in [0.4, 0.5) is 0 Å². The molecule has 0 fully saturated rings. The second-order valence-corrected chi connectivity index (χ2v) is 5.15. The maximum absolute atomic E-state index is 12.0. The Hall–Kier alpha value is -2.43. The molecule has 1 heterocycles. The number of para-hydroxylation sites is 1. The van der Waals surface area contributed by atoms with E-state index in [9.17, 15) is 9.59 Å². The van der Waals surface area contributed by atoms with Crippen molar-refractivity contribution in [3.63, 3.8) is 0 Å². The molecule has 1 amide bonds. The second kappa shape index (κ2) is 5.28. The van der Waals surface area contributed by atoms with Gasteiger partial charge >= 0.3 is 5.97 Å². The number of fused-ring (bicyclic) bond motifs is 1. The van der Waals surface area contributed by atoms with Gasteiger partial charge in [-0.05, 0) is 25.5 Å². The number of hydrogen-bond donors (Lipinski definition) is 2. The summed E-state index contributed by atoms with van der Waals surface area (Å²) in [4.78, 5) is 27.2. The predicted octanol–water partition coefficient (Wildman–Crippen LogP) is 1.76. The van der Waals surface area contributed by atoms with Gasteiger partial charge in [-0.15, -0.1) is 0 Å². The highest BCUT2D eigenvalue weighted by molar-refractivity contribution is 5.90. The fourth-order valence-electron chi connectivity index (χ4n) is 1.93. The first kappa shape index (κ1) is 14.0. The summed E-state index contributed by atoms with van der Waals surface area (Å²) in [5.41, 5.74) is 0.259. The Morgan fingerprint density at radius 1 is 1.25 bits per heavy atom. The molecule has 5 nitrogen and oxygen atoms in total. The van der Waals surface area contributed by atoms with Gasteiger partial charge in [-0.3, -0.25) is 9.78 Å². The van der Waals surface area contributed by atoms with Gasteiger partial charge in [-0.2, -0.15) is 0 Å². The van der Waals surface area contributed by atoms with Crippen molar-refractivity contribution >= 4 is 22.8 Å². The van der Waals surface area contributed by atoms with E-state index in [0.29, 0.717) is 0 Å². The van der Waals surface area contributed by atoms with E-state index in [-0.39, 0.29) is 12.3 Å². The quantitative estimate of drug-likeness (QED) is 0.888. The third-order valence-corrected chi connectivity index (χ3v) is 3.05. The van der Waals surface area contributed by atoms with Crippen LogP contribution in [-0.4, -0.2) is 27.5 Å². The highest BCUT2D eigenvalue weighted by Gasteiger charge is 2.28. The number of aliphatic carboxylic acids is 1. The smallest absolute Gasteiger partial charge is 0.328 e. The molecule has 0 bridgehead atoms. The molecule has 2 aromatic rings. The maximum atomic E-state index is 12.0. The van der Waals surface area contributed by atoms with Crippen molar-refractivity contribution in [2.75, 3.05) is 0 Å². The Bertz CT molecular complexity index is 660. The van der Waals surface area contributed by atoms with Crippen LogP contribution in [-0.2, 0) is 16.0 Å². The van der Waals surface area contributed by atoms with Gasteiger partial charge in [0.05, 0.1) is 11.9 Å². The van der Waals surface area contributed by atoms with Crippen molar-refractivity contribution in [1.29, 1.82) is 0 Å². The molecule has 1 aromatic carbocycles. The molecular formula is C15H16N2O3. The summed E-state index contributed by atoms with van der Waals surface area (Å²) in [6.07, 6.45) is 1.77. The Morgan fingerprint density at radius 3 is 2.65 bits per heavy atom. The minimum absolute atomic E-state index is 0.102. The third kappa shape index (κ3) is 2.93. The summed E-state index contributed by atoms with van der Waals surface area (Å²) in [6, 6.07) is 9.35. The lowest BCUT2D eigenvalue weighted by atomic mass is 10.0. The van der Waals surface area contributed by atoms with Crippen LogP contribution < -0.4 is 5.32 Å². The average Bonchev–Trinajstić information content (AvgIpc) is 2.38. The van der Waals surface area contributed by atoms with Gasteiger partial charge in [0.15, 0.2) is 0 Å². The number of pyridine rings is 1. The molecule has 1 aromatic heterocycles. The summed E-state index contributed by atoms with van der Waals surface area (Å²) in [5.74, 6) is -1.41. The number of carbonyl (C=O) groups is 2. The predicted molar refractivity (Wildman–Crippen MR) is 75.3 cm³/mol. The lowest BCUT2D eigenvalue weighted by Gasteiger charge is -2.21. The van der Waals surface area contributed by atoms with Gasteiger partial charge in [0.25, 0.3) is 0 Å². The van der Waals surface area contributed by atoms with E-state index >= 15 is 0 Å². The Labute approximate surface area is 116 Å². The normalized spacial score (nSPS) is 11.3. The fraction of sp³-hybridized carbons (Fsp3) is 0.267. The van der Waals surface area contributed by atoms with Crippen molar-refractivity contribution in [2.45, 2.75) is 25.8 Å². The van der Waals surface area contributed by atoms with Crippen LogP contribution in [0.15, 0.2) is 36.5 Å². The summed E-state index contributed by atoms with van der Waals surface area (Å²) < 4.78 is 0. The molecule has 20 heavy (non-hydrogen) atoms. The number of carbonyl (C=O) groups excluding carboxylic acids is 1. The summed E-state index contributed by atoms with van der Waals surface area (Å²) in [5, 5.41) is 12.5. The van der Waals surface area contributed by atoms with Crippen LogP contribution in [0.3, 0.4) is 0 Å². The number of benzene rings is 1. The minimum Gasteiger partial charge on any atom is -0.480 e. The monoisotopic (exact) mass is 272 g/mol. The summed E-state index contributed by atoms with van der Waals surface area (Å²) in [6.45, 7) is 2.91. The van der Waals surface area contributed by atoms with Crippen LogP contribution in [0.5, 0.6) is 0 Å². The first-order valence-corrected chi connectivity index (χ1v) is 6.27. The van der Waals surface area contributed by atoms with E-state index in [0.717, 1.165) is 16.5 Å². The van der Waals surface area contributed by atoms with Crippen molar-refractivity contribution < 1.29 is 14.7 Å². The van der Waals surface area contributed by atoms with Crippen LogP contribution in [0.1, 0.15) is 19.4 Å². The SMILES string of the molecule is CC(C)(NC(=O)Cc1cccc2cccnc12)C(=O)O. The first-order chi connectivity index (χ1) is 9.40. The van der Waals surface area contributed by atoms with E-state index in [1.165, 1.54) is 13.8 Å². The number of carboxylic acids is 1. The molecular weight excluding hydrogens is 256 g/mol. The molecule has 0 saturated heterocycles. The molecule has 2 N–H and O–H groups in total. The zero-order chi connectivity index (χ0) is 14.8. The van der Waals surface area contributed by atoms with Gasteiger partial charge in [0.1, 0.15) is 5.54 Å². The van der Waals surface area contributed by atoms with E-state index in [1.54, 1.807) is 6.20 Å². The maximum Gasteiger partial charge on any atom is 0.328 e. The molecule has 0 aliphatic heterocycles. The van der Waals surface area contributed by atoms with E-state index in [4.69, 9.17) is 5.11 Å². The third-order valence-electron chi connectivity index (χ3n) is 3.05. The lowest BCUT2D eigenvalue weighted by molar-refractivity contribution is -0.145. The van der Waals surface area contributed by atoms with Crippen LogP contribution >= 0.6 is 0 Å². The van der Waals surface area contributed by atoms with Gasteiger partial charge in [-0.25, -0.2) is 4.79 Å². The zero-order valence-electron chi connectivity index (χ0n) is 11.4. The topological polar surface area (TPSA) is 79.3 Å². The molecule has 0 aliphatic rings. The zero-order valence-corrected chi connectivity index (χ0v) is 11.4. The molecule has 0 atom stereocenters. The molecule has 2 rings (SSSR count). The standard InChI is InChI=1S/C15H16N2O3/c1-15(2,14(19)20)17-12(18)9-11-6-3-5-10-7-4-8-16-13(10)11/h3-8H,9H2,1-2H3,(H,17,18)(H,19,20). The number of nitrogens with zero attached hydrogens (tertiary/aromatic N) is 1. The number of carboxylic acid groups (broad SMARTS) is 1. The molecule has 0 aliphatic carbocycles. The number of nitrogens with one attached hydrogen (secondary N) is 1. The highest BCUT2D eigenvalue weighted by atomic mass is 16.4. The van der Waals surface area contributed by atoms with E-state index in [2.05, 4.69) is 10.3 Å². The molecule has 104 valence electrons. The molecule has 5 heteroatoms. The van der Waals surface area contributed by atoms with Gasteiger partial charge in [-0.1, -0.05) is 24.3 Å². The van der Waals surface area contributed by atoms with E-state index in [1.807, 2.05) is 30.3 Å². The minimum atomic E-state index is -1.28. The number of hydrogen-bond acceptors (Lipinski definition) is 3. The van der Waals surface area contributed by atoms with Gasteiger partial charge in [0.2, 0.25) is 5.91 Å². The number of aromatic nitrogens is 1. The number of amides is 1. The van der Waals surface area contributed by atoms with Gasteiger partial charge < -0.3 is 10.4 Å². The molecule has 0 unspecified atom stereocenters. The van der Waals surface area contributed by atoms with Crippen molar-refractivity contribution in [1.82, 2.24) is 10.3 Å².